The summed E-state index contributed by atoms with van der Waals surface area (Å²) >= 11 is 1.49. The summed E-state index contributed by atoms with van der Waals surface area (Å²) in [6, 6.07) is 12.5. The molecule has 0 aliphatic carbocycles. The van der Waals surface area contributed by atoms with Gasteiger partial charge in [-0.15, -0.1) is 22.0 Å². The van der Waals surface area contributed by atoms with Gasteiger partial charge < -0.3 is 10.2 Å². The zero-order chi connectivity index (χ0) is 18.9. The average molecular weight is 389 g/mol. The highest BCUT2D eigenvalue weighted by Gasteiger charge is 2.13. The van der Waals surface area contributed by atoms with E-state index in [1.54, 1.807) is 18.2 Å². The highest BCUT2D eigenvalue weighted by atomic mass is 32.2. The topological polar surface area (TPSA) is 125 Å². The van der Waals surface area contributed by atoms with Gasteiger partial charge in [-0.25, -0.2) is 13.6 Å². The maximum absolute atomic E-state index is 11.4. The van der Waals surface area contributed by atoms with Crippen LogP contribution in [0.5, 0.6) is 11.5 Å². The fourth-order valence-corrected chi connectivity index (χ4v) is 3.59. The SMILES string of the molecule is CSc1cc(N=Nc2cc(S(N)(=O)=O)ccc2O)c(O)c2ccccc12. The van der Waals surface area contributed by atoms with E-state index < -0.39 is 10.0 Å². The molecule has 26 heavy (non-hydrogen) atoms. The van der Waals surface area contributed by atoms with E-state index in [-0.39, 0.29) is 27.8 Å². The van der Waals surface area contributed by atoms with E-state index in [1.165, 1.54) is 23.9 Å². The summed E-state index contributed by atoms with van der Waals surface area (Å²) in [5, 5.41) is 34.8. The molecule has 7 nitrogen and oxygen atoms in total. The van der Waals surface area contributed by atoms with Crippen LogP contribution in [0.2, 0.25) is 0 Å². The zero-order valence-electron chi connectivity index (χ0n) is 13.6. The molecule has 0 heterocycles. The summed E-state index contributed by atoms with van der Waals surface area (Å²) in [5.41, 5.74) is 0.128. The maximum atomic E-state index is 11.4. The van der Waals surface area contributed by atoms with Crippen molar-refractivity contribution in [2.75, 3.05) is 6.26 Å². The Kier molecular flexibility index (Phi) is 4.86. The minimum Gasteiger partial charge on any atom is -0.506 e. The first-order chi connectivity index (χ1) is 12.3. The predicted octanol–water partition coefficient (Wildman–Crippen LogP) is 4.04. The molecule has 0 aliphatic rings. The number of hydrogen-bond acceptors (Lipinski definition) is 7. The van der Waals surface area contributed by atoms with Crippen molar-refractivity contribution in [2.24, 2.45) is 15.4 Å². The van der Waals surface area contributed by atoms with E-state index in [1.807, 2.05) is 18.4 Å². The molecule has 0 saturated carbocycles. The lowest BCUT2D eigenvalue weighted by molar-refractivity contribution is 0.475. The Morgan fingerprint density at radius 3 is 2.27 bits per heavy atom. The summed E-state index contributed by atoms with van der Waals surface area (Å²) in [6.45, 7) is 0. The number of phenols is 2. The molecule has 4 N–H and O–H groups in total. The lowest BCUT2D eigenvalue weighted by atomic mass is 10.1. The van der Waals surface area contributed by atoms with E-state index in [2.05, 4.69) is 10.2 Å². The van der Waals surface area contributed by atoms with Crippen molar-refractivity contribution in [3.63, 3.8) is 0 Å². The van der Waals surface area contributed by atoms with Crippen molar-refractivity contribution in [3.05, 3.63) is 48.5 Å². The van der Waals surface area contributed by atoms with Crippen LogP contribution in [0.4, 0.5) is 11.4 Å². The quantitative estimate of drug-likeness (QED) is 0.459. The minimum atomic E-state index is -3.94. The molecular weight excluding hydrogens is 374 g/mol. The van der Waals surface area contributed by atoms with E-state index in [0.29, 0.717) is 5.39 Å². The van der Waals surface area contributed by atoms with Gasteiger partial charge in [0.15, 0.2) is 5.75 Å². The van der Waals surface area contributed by atoms with Crippen LogP contribution in [0.15, 0.2) is 68.6 Å². The minimum absolute atomic E-state index is 0.0516. The number of sulfonamides is 1. The molecule has 0 amide bonds. The van der Waals surface area contributed by atoms with Crippen LogP contribution >= 0.6 is 11.8 Å². The molecule has 134 valence electrons. The molecule has 0 fully saturated rings. The fourth-order valence-electron chi connectivity index (χ4n) is 2.43. The fraction of sp³-hybridized carbons (Fsp3) is 0.0588. The molecule has 9 heteroatoms. The van der Waals surface area contributed by atoms with Crippen LogP contribution in [-0.2, 0) is 10.0 Å². The van der Waals surface area contributed by atoms with Crippen LogP contribution in [-0.4, -0.2) is 24.9 Å². The van der Waals surface area contributed by atoms with Gasteiger partial charge in [0.1, 0.15) is 17.1 Å². The van der Waals surface area contributed by atoms with E-state index >= 15 is 0 Å². The van der Waals surface area contributed by atoms with E-state index in [0.717, 1.165) is 16.3 Å². The van der Waals surface area contributed by atoms with Crippen molar-refractivity contribution in [3.8, 4) is 11.5 Å². The first-order valence-electron chi connectivity index (χ1n) is 7.37. The van der Waals surface area contributed by atoms with Crippen LogP contribution in [0.1, 0.15) is 0 Å². The summed E-state index contributed by atoms with van der Waals surface area (Å²) in [5.74, 6) is -0.309. The molecule has 0 saturated heterocycles. The molecule has 3 aromatic rings. The molecule has 3 rings (SSSR count). The van der Waals surface area contributed by atoms with Gasteiger partial charge in [-0.05, 0) is 35.9 Å². The molecule has 0 spiro atoms. The number of nitrogens with two attached hydrogens (primary N) is 1. The second-order valence-corrected chi connectivity index (χ2v) is 7.80. The van der Waals surface area contributed by atoms with Crippen LogP contribution in [0.3, 0.4) is 0 Å². The number of primary sulfonamides is 1. The van der Waals surface area contributed by atoms with Crippen molar-refractivity contribution < 1.29 is 18.6 Å². The highest BCUT2D eigenvalue weighted by molar-refractivity contribution is 7.98. The zero-order valence-corrected chi connectivity index (χ0v) is 15.3. The van der Waals surface area contributed by atoms with Gasteiger partial charge in [0.25, 0.3) is 0 Å². The Morgan fingerprint density at radius 1 is 0.962 bits per heavy atom. The summed E-state index contributed by atoms with van der Waals surface area (Å²) in [7, 11) is -3.94. The van der Waals surface area contributed by atoms with Gasteiger partial charge in [0.2, 0.25) is 10.0 Å². The van der Waals surface area contributed by atoms with Crippen LogP contribution in [0.25, 0.3) is 10.8 Å². The molecule has 0 aromatic heterocycles. The van der Waals surface area contributed by atoms with Gasteiger partial charge in [-0.3, -0.25) is 0 Å². The Balaban J connectivity index is 2.11. The van der Waals surface area contributed by atoms with Crippen molar-refractivity contribution >= 4 is 43.9 Å². The summed E-state index contributed by atoms with van der Waals surface area (Å²) in [6.07, 6.45) is 1.90. The van der Waals surface area contributed by atoms with Gasteiger partial charge in [-0.2, -0.15) is 0 Å². The van der Waals surface area contributed by atoms with E-state index in [9.17, 15) is 18.6 Å². The van der Waals surface area contributed by atoms with Crippen molar-refractivity contribution in [1.29, 1.82) is 0 Å². The molecule has 0 radical (unpaired) electrons. The number of thioether (sulfide) groups is 1. The third kappa shape index (κ3) is 3.50. The lowest BCUT2D eigenvalue weighted by Crippen LogP contribution is -2.11. The third-order valence-electron chi connectivity index (χ3n) is 3.72. The Labute approximate surface area is 154 Å². The normalized spacial score (nSPS) is 12.1. The standard InChI is InChI=1S/C17H15N3O4S2/c1-25-16-9-14(17(22)12-5-3-2-4-11(12)16)20-19-13-8-10(26(18,23)24)6-7-15(13)21/h2-9,21-22H,1H3,(H2,18,23,24). The Hall–Kier alpha value is -2.62. The third-order valence-corrected chi connectivity index (χ3v) is 5.41. The molecule has 3 aromatic carbocycles. The Morgan fingerprint density at radius 2 is 1.62 bits per heavy atom. The number of benzene rings is 3. The van der Waals surface area contributed by atoms with Crippen LogP contribution in [0, 0.1) is 0 Å². The molecule has 0 bridgehead atoms. The van der Waals surface area contributed by atoms with Gasteiger partial charge in [0, 0.05) is 10.3 Å². The predicted molar refractivity (Wildman–Crippen MR) is 101 cm³/mol. The van der Waals surface area contributed by atoms with Gasteiger partial charge in [-0.1, -0.05) is 24.3 Å². The maximum Gasteiger partial charge on any atom is 0.238 e. The molecule has 0 aliphatic heterocycles. The number of rotatable bonds is 4. The number of azo groups is 1. The smallest absolute Gasteiger partial charge is 0.238 e. The van der Waals surface area contributed by atoms with E-state index in [4.69, 9.17) is 5.14 Å². The van der Waals surface area contributed by atoms with Gasteiger partial charge in [0.05, 0.1) is 4.90 Å². The lowest BCUT2D eigenvalue weighted by Gasteiger charge is -2.08. The van der Waals surface area contributed by atoms with Crippen molar-refractivity contribution in [1.82, 2.24) is 0 Å². The number of phenolic OH excluding ortho intramolecular Hbond substituents is 2. The number of fused-ring (bicyclic) bond motifs is 1. The van der Waals surface area contributed by atoms with Crippen LogP contribution < -0.4 is 5.14 Å². The second kappa shape index (κ2) is 6.94. The number of hydrogen-bond donors (Lipinski definition) is 3. The number of aromatic hydroxyl groups is 2. The first-order valence-corrected chi connectivity index (χ1v) is 10.1. The summed E-state index contributed by atoms with van der Waals surface area (Å²) in [4.78, 5) is 0.701. The average Bonchev–Trinajstić information content (AvgIpc) is 2.61. The largest absolute Gasteiger partial charge is 0.506 e. The number of nitrogens with zero attached hydrogens (tertiary/aromatic N) is 2. The van der Waals surface area contributed by atoms with Crippen molar-refractivity contribution in [2.45, 2.75) is 9.79 Å². The van der Waals surface area contributed by atoms with Gasteiger partial charge >= 0.3 is 0 Å². The Bertz CT molecular complexity index is 1130. The second-order valence-electron chi connectivity index (χ2n) is 5.39. The molecule has 0 atom stereocenters. The first kappa shape index (κ1) is 18.2. The highest BCUT2D eigenvalue weighted by Crippen LogP contribution is 2.41. The molecule has 0 unspecified atom stereocenters. The monoisotopic (exact) mass is 389 g/mol. The summed E-state index contributed by atoms with van der Waals surface area (Å²) < 4.78 is 22.9. The molecular formula is C17H15N3O4S2.